The fourth-order valence-corrected chi connectivity index (χ4v) is 4.35. The van der Waals surface area contributed by atoms with Gasteiger partial charge >= 0.3 is 0 Å². The summed E-state index contributed by atoms with van der Waals surface area (Å²) < 4.78 is 0. The number of rotatable bonds is 6. The van der Waals surface area contributed by atoms with Crippen LogP contribution in [-0.4, -0.2) is 53.9 Å². The summed E-state index contributed by atoms with van der Waals surface area (Å²) in [5.74, 6) is 0.304. The number of carbonyl (C=O) groups is 2. The first kappa shape index (κ1) is 23.1. The van der Waals surface area contributed by atoms with Gasteiger partial charge in [-0.15, -0.1) is 36.2 Å². The molecule has 0 bridgehead atoms. The molecule has 2 aliphatic rings. The Labute approximate surface area is 171 Å². The molecule has 0 radical (unpaired) electrons. The van der Waals surface area contributed by atoms with Crippen LogP contribution in [0.15, 0.2) is 5.38 Å². The third-order valence-corrected chi connectivity index (χ3v) is 5.62. The second-order valence-electron chi connectivity index (χ2n) is 6.52. The largest absolute Gasteiger partial charge is 0.339 e. The third kappa shape index (κ3) is 5.55. The number of halogens is 2. The predicted octanol–water partition coefficient (Wildman–Crippen LogP) is 2.65. The summed E-state index contributed by atoms with van der Waals surface area (Å²) in [5, 5.41) is 6.01. The summed E-state index contributed by atoms with van der Waals surface area (Å²) in [7, 11) is 0. The highest BCUT2D eigenvalue weighted by Crippen LogP contribution is 2.26. The van der Waals surface area contributed by atoms with Crippen molar-refractivity contribution in [2.45, 2.75) is 51.5 Å². The Hall–Kier alpha value is -0.890. The van der Waals surface area contributed by atoms with Crippen molar-refractivity contribution < 1.29 is 9.59 Å². The maximum atomic E-state index is 12.8. The van der Waals surface area contributed by atoms with E-state index in [1.165, 1.54) is 11.3 Å². The van der Waals surface area contributed by atoms with E-state index in [-0.39, 0.29) is 36.6 Å². The minimum atomic E-state index is 0. The van der Waals surface area contributed by atoms with Crippen LogP contribution in [0.25, 0.3) is 0 Å². The summed E-state index contributed by atoms with van der Waals surface area (Å²) in [6.07, 6.45) is 4.86. The molecule has 0 atom stereocenters. The highest BCUT2D eigenvalue weighted by atomic mass is 35.5. The first-order valence-corrected chi connectivity index (χ1v) is 9.82. The highest BCUT2D eigenvalue weighted by Gasteiger charge is 2.27. The molecular weight excluding hydrogens is 395 g/mol. The molecule has 9 heteroatoms. The number of nitrogens with one attached hydrogen (secondary N) is 1. The van der Waals surface area contributed by atoms with Crippen LogP contribution >= 0.6 is 36.2 Å². The van der Waals surface area contributed by atoms with Crippen molar-refractivity contribution in [1.29, 1.82) is 0 Å². The van der Waals surface area contributed by atoms with Crippen LogP contribution in [0.3, 0.4) is 0 Å². The molecule has 26 heavy (non-hydrogen) atoms. The van der Waals surface area contributed by atoms with E-state index >= 15 is 0 Å². The molecule has 2 aliphatic heterocycles. The van der Waals surface area contributed by atoms with Crippen molar-refractivity contribution in [3.63, 3.8) is 0 Å². The van der Waals surface area contributed by atoms with Crippen LogP contribution in [0.5, 0.6) is 0 Å². The molecule has 1 aromatic rings. The molecule has 1 N–H and O–H groups in total. The highest BCUT2D eigenvalue weighted by molar-refractivity contribution is 7.14. The average molecular weight is 423 g/mol. The summed E-state index contributed by atoms with van der Waals surface area (Å²) in [6.45, 7) is 5.63. The van der Waals surface area contributed by atoms with E-state index in [1.807, 2.05) is 10.3 Å². The summed E-state index contributed by atoms with van der Waals surface area (Å²) >= 11 is 1.47. The number of aromatic nitrogens is 1. The van der Waals surface area contributed by atoms with E-state index in [1.54, 1.807) is 4.90 Å². The van der Waals surface area contributed by atoms with Crippen molar-refractivity contribution in [2.24, 2.45) is 0 Å². The Morgan fingerprint density at radius 3 is 2.73 bits per heavy atom. The zero-order valence-electron chi connectivity index (χ0n) is 15.1. The molecule has 0 unspecified atom stereocenters. The predicted molar refractivity (Wildman–Crippen MR) is 110 cm³/mol. The minimum absolute atomic E-state index is 0. The molecule has 0 saturated carbocycles. The first-order valence-electron chi connectivity index (χ1n) is 8.94. The van der Waals surface area contributed by atoms with Gasteiger partial charge in [0.05, 0.1) is 12.1 Å². The number of hydrogen-bond donors (Lipinski definition) is 1. The second kappa shape index (κ2) is 11.1. The number of carbonyl (C=O) groups excluding carboxylic acids is 2. The number of anilines is 1. The van der Waals surface area contributed by atoms with Crippen molar-refractivity contribution in [1.82, 2.24) is 15.2 Å². The smallest absolute Gasteiger partial charge is 0.228 e. The van der Waals surface area contributed by atoms with E-state index in [9.17, 15) is 9.59 Å². The van der Waals surface area contributed by atoms with Crippen molar-refractivity contribution in [3.05, 3.63) is 11.1 Å². The monoisotopic (exact) mass is 422 g/mol. The SMILES string of the molecule is CCCN(C(=O)Cc1csc(N2CCCC2=O)n1)C1CCNCC1.Cl.Cl. The lowest BCUT2D eigenvalue weighted by molar-refractivity contribution is -0.133. The zero-order valence-corrected chi connectivity index (χ0v) is 17.6. The van der Waals surface area contributed by atoms with Gasteiger partial charge in [-0.3, -0.25) is 14.5 Å². The van der Waals surface area contributed by atoms with E-state index in [2.05, 4.69) is 17.2 Å². The van der Waals surface area contributed by atoms with Gasteiger partial charge in [0, 0.05) is 30.9 Å². The molecular formula is C17H28Cl2N4O2S. The standard InChI is InChI=1S/C17H26N4O2S.2ClH/c1-2-9-20(14-5-7-18-8-6-14)16(23)11-13-12-24-17(19-13)21-10-3-4-15(21)22;;/h12,14,18H,2-11H2,1H3;2*1H. The van der Waals surface area contributed by atoms with Crippen LogP contribution in [0.1, 0.15) is 44.7 Å². The van der Waals surface area contributed by atoms with Gasteiger partial charge in [0.2, 0.25) is 11.8 Å². The Morgan fingerprint density at radius 2 is 2.12 bits per heavy atom. The maximum Gasteiger partial charge on any atom is 0.228 e. The molecule has 1 aromatic heterocycles. The lowest BCUT2D eigenvalue weighted by atomic mass is 10.0. The summed E-state index contributed by atoms with van der Waals surface area (Å²) in [6, 6.07) is 0.344. The Kier molecular flexibility index (Phi) is 9.85. The Bertz CT molecular complexity index is 593. The van der Waals surface area contributed by atoms with Crippen molar-refractivity contribution in [3.8, 4) is 0 Å². The van der Waals surface area contributed by atoms with Gasteiger partial charge in [-0.2, -0.15) is 0 Å². The third-order valence-electron chi connectivity index (χ3n) is 4.71. The number of amides is 2. The number of thiazole rings is 1. The molecule has 0 aromatic carbocycles. The lowest BCUT2D eigenvalue weighted by Gasteiger charge is -2.34. The van der Waals surface area contributed by atoms with Gasteiger partial charge < -0.3 is 10.2 Å². The first-order chi connectivity index (χ1) is 11.7. The Morgan fingerprint density at radius 1 is 1.38 bits per heavy atom. The molecule has 2 amide bonds. The summed E-state index contributed by atoms with van der Waals surface area (Å²) in [4.78, 5) is 32.9. The molecule has 148 valence electrons. The molecule has 6 nitrogen and oxygen atoms in total. The van der Waals surface area contributed by atoms with Crippen LogP contribution in [0, 0.1) is 0 Å². The van der Waals surface area contributed by atoms with Gasteiger partial charge in [-0.05, 0) is 38.8 Å². The number of hydrogen-bond acceptors (Lipinski definition) is 5. The van der Waals surface area contributed by atoms with Gasteiger partial charge in [0.15, 0.2) is 5.13 Å². The van der Waals surface area contributed by atoms with Crippen LogP contribution in [-0.2, 0) is 16.0 Å². The topological polar surface area (TPSA) is 65.5 Å². The molecule has 0 aliphatic carbocycles. The van der Waals surface area contributed by atoms with Gasteiger partial charge in [0.1, 0.15) is 0 Å². The minimum Gasteiger partial charge on any atom is -0.339 e. The molecule has 2 saturated heterocycles. The number of piperidine rings is 1. The Balaban J connectivity index is 0.00000169. The second-order valence-corrected chi connectivity index (χ2v) is 7.35. The van der Waals surface area contributed by atoms with Crippen molar-refractivity contribution in [2.75, 3.05) is 31.1 Å². The van der Waals surface area contributed by atoms with Crippen LogP contribution in [0.4, 0.5) is 5.13 Å². The lowest BCUT2D eigenvalue weighted by Crippen LogP contribution is -2.47. The quantitative estimate of drug-likeness (QED) is 0.764. The maximum absolute atomic E-state index is 12.8. The van der Waals surface area contributed by atoms with Gasteiger partial charge in [-0.25, -0.2) is 4.98 Å². The fourth-order valence-electron chi connectivity index (χ4n) is 3.48. The van der Waals surface area contributed by atoms with Crippen LogP contribution in [0.2, 0.25) is 0 Å². The van der Waals surface area contributed by atoms with E-state index < -0.39 is 0 Å². The van der Waals surface area contributed by atoms with E-state index in [0.29, 0.717) is 18.9 Å². The normalized spacial score (nSPS) is 17.6. The average Bonchev–Trinajstić information content (AvgIpc) is 3.22. The van der Waals surface area contributed by atoms with Crippen LogP contribution < -0.4 is 10.2 Å². The van der Waals surface area contributed by atoms with Gasteiger partial charge in [-0.1, -0.05) is 6.92 Å². The summed E-state index contributed by atoms with van der Waals surface area (Å²) in [5.41, 5.74) is 0.787. The van der Waals surface area contributed by atoms with Crippen molar-refractivity contribution >= 4 is 53.1 Å². The molecule has 2 fully saturated rings. The molecule has 0 spiro atoms. The molecule has 3 heterocycles. The van der Waals surface area contributed by atoms with E-state index in [0.717, 1.165) is 62.7 Å². The number of nitrogens with zero attached hydrogens (tertiary/aromatic N) is 3. The van der Waals surface area contributed by atoms with E-state index in [4.69, 9.17) is 0 Å². The fraction of sp³-hybridized carbons (Fsp3) is 0.706. The van der Waals surface area contributed by atoms with Gasteiger partial charge in [0.25, 0.3) is 0 Å². The zero-order chi connectivity index (χ0) is 16.9. The molecule has 3 rings (SSSR count).